The molecule has 2 heterocycles. The van der Waals surface area contributed by atoms with E-state index in [4.69, 9.17) is 0 Å². The van der Waals surface area contributed by atoms with Gasteiger partial charge in [-0.1, -0.05) is 19.1 Å². The Morgan fingerprint density at radius 3 is 2.60 bits per heavy atom. The molecule has 1 N–H and O–H groups in total. The number of aromatic nitrogens is 3. The van der Waals surface area contributed by atoms with Gasteiger partial charge in [0.25, 0.3) is 5.91 Å². The van der Waals surface area contributed by atoms with Gasteiger partial charge in [-0.15, -0.1) is 0 Å². The predicted octanol–water partition coefficient (Wildman–Crippen LogP) is 2.01. The van der Waals surface area contributed by atoms with Crippen LogP contribution < -0.4 is 5.32 Å². The van der Waals surface area contributed by atoms with Crippen molar-refractivity contribution in [1.29, 1.82) is 0 Å². The van der Waals surface area contributed by atoms with Crippen LogP contribution in [0.4, 0.5) is 0 Å². The quantitative estimate of drug-likeness (QED) is 0.753. The van der Waals surface area contributed by atoms with Gasteiger partial charge in [-0.25, -0.2) is 17.9 Å². The second-order valence-electron chi connectivity index (χ2n) is 5.73. The lowest BCUT2D eigenvalue weighted by Gasteiger charge is -2.17. The highest BCUT2D eigenvalue weighted by Crippen LogP contribution is 2.20. The fourth-order valence-corrected chi connectivity index (χ4v) is 3.17. The lowest BCUT2D eigenvalue weighted by molar-refractivity contribution is 0.0930. The molecule has 25 heavy (non-hydrogen) atoms. The second kappa shape index (κ2) is 6.64. The summed E-state index contributed by atoms with van der Waals surface area (Å²) in [6.07, 6.45) is 5.19. The first-order chi connectivity index (χ1) is 11.9. The molecule has 0 aliphatic carbocycles. The van der Waals surface area contributed by atoms with E-state index in [2.05, 4.69) is 15.4 Å². The molecule has 1 aromatic carbocycles. The van der Waals surface area contributed by atoms with Crippen molar-refractivity contribution in [3.05, 3.63) is 60.0 Å². The molecule has 8 heteroatoms. The van der Waals surface area contributed by atoms with Gasteiger partial charge in [-0.3, -0.25) is 4.79 Å². The summed E-state index contributed by atoms with van der Waals surface area (Å²) in [6, 6.07) is 9.66. The number of sulfone groups is 1. The fourth-order valence-electron chi connectivity index (χ4n) is 2.54. The van der Waals surface area contributed by atoms with Crippen molar-refractivity contribution in [3.63, 3.8) is 0 Å². The number of nitrogens with zero attached hydrogens (tertiary/aromatic N) is 3. The number of nitrogens with one attached hydrogen (secondary N) is 1. The standard InChI is InChI=1S/C17H18N4O3S/c1-3-14(12-5-7-13(8-6-12)25(2,23)24)19-17(22)15-11-16-18-9-4-10-21(16)20-15/h4-11,14H,3H2,1-2H3,(H,19,22). The van der Waals surface area contributed by atoms with Crippen molar-refractivity contribution in [2.75, 3.05) is 6.26 Å². The van der Waals surface area contributed by atoms with Gasteiger partial charge in [-0.2, -0.15) is 5.10 Å². The highest BCUT2D eigenvalue weighted by molar-refractivity contribution is 7.90. The molecule has 7 nitrogen and oxygen atoms in total. The molecule has 0 fully saturated rings. The molecule has 0 bridgehead atoms. The molecule has 3 aromatic rings. The number of hydrogen-bond acceptors (Lipinski definition) is 5. The van der Waals surface area contributed by atoms with Gasteiger partial charge in [0.1, 0.15) is 0 Å². The molecule has 1 unspecified atom stereocenters. The van der Waals surface area contributed by atoms with Crippen molar-refractivity contribution in [2.24, 2.45) is 0 Å². The zero-order valence-electron chi connectivity index (χ0n) is 13.9. The summed E-state index contributed by atoms with van der Waals surface area (Å²) in [7, 11) is -3.24. The second-order valence-corrected chi connectivity index (χ2v) is 7.74. The monoisotopic (exact) mass is 358 g/mol. The van der Waals surface area contributed by atoms with E-state index in [1.54, 1.807) is 48.8 Å². The summed E-state index contributed by atoms with van der Waals surface area (Å²) in [4.78, 5) is 16.9. The molecule has 1 amide bonds. The maximum absolute atomic E-state index is 12.5. The van der Waals surface area contributed by atoms with Gasteiger partial charge < -0.3 is 5.32 Å². The van der Waals surface area contributed by atoms with Crippen molar-refractivity contribution in [1.82, 2.24) is 19.9 Å². The first-order valence-corrected chi connectivity index (χ1v) is 9.69. The topological polar surface area (TPSA) is 93.4 Å². The molecule has 2 aromatic heterocycles. The molecule has 130 valence electrons. The number of carbonyl (C=O) groups excluding carboxylic acids is 1. The van der Waals surface area contributed by atoms with Crippen LogP contribution in [-0.2, 0) is 9.84 Å². The molecule has 1 atom stereocenters. The van der Waals surface area contributed by atoms with Crippen molar-refractivity contribution in [3.8, 4) is 0 Å². The van der Waals surface area contributed by atoms with Crippen molar-refractivity contribution >= 4 is 21.4 Å². The highest BCUT2D eigenvalue weighted by atomic mass is 32.2. The summed E-state index contributed by atoms with van der Waals surface area (Å²) in [5.74, 6) is -0.301. The number of rotatable bonds is 5. The van der Waals surface area contributed by atoms with Crippen LogP contribution in [0.3, 0.4) is 0 Å². The third-order valence-electron chi connectivity index (χ3n) is 3.89. The number of fused-ring (bicyclic) bond motifs is 1. The van der Waals surface area contributed by atoms with E-state index in [0.717, 1.165) is 5.56 Å². The Morgan fingerprint density at radius 1 is 1.28 bits per heavy atom. The zero-order chi connectivity index (χ0) is 18.0. The van der Waals surface area contributed by atoms with Crippen molar-refractivity contribution in [2.45, 2.75) is 24.3 Å². The van der Waals surface area contributed by atoms with Gasteiger partial charge in [0.05, 0.1) is 10.9 Å². The van der Waals surface area contributed by atoms with Crippen LogP contribution in [0.5, 0.6) is 0 Å². The van der Waals surface area contributed by atoms with E-state index in [0.29, 0.717) is 12.1 Å². The van der Waals surface area contributed by atoms with E-state index in [1.807, 2.05) is 6.92 Å². The Hall–Kier alpha value is -2.74. The Balaban J connectivity index is 1.80. The molecule has 0 radical (unpaired) electrons. The van der Waals surface area contributed by atoms with Crippen LogP contribution in [0.25, 0.3) is 5.65 Å². The minimum atomic E-state index is -3.24. The molecule has 0 aliphatic heterocycles. The maximum Gasteiger partial charge on any atom is 0.272 e. The number of hydrogen-bond donors (Lipinski definition) is 1. The van der Waals surface area contributed by atoms with E-state index in [1.165, 1.54) is 10.8 Å². The van der Waals surface area contributed by atoms with Gasteiger partial charge in [0, 0.05) is 24.7 Å². The summed E-state index contributed by atoms with van der Waals surface area (Å²) < 4.78 is 24.6. The van der Waals surface area contributed by atoms with Crippen LogP contribution >= 0.6 is 0 Å². The smallest absolute Gasteiger partial charge is 0.272 e. The average Bonchev–Trinajstić information content (AvgIpc) is 3.03. The first-order valence-electron chi connectivity index (χ1n) is 7.80. The normalized spacial score (nSPS) is 12.9. The third-order valence-corrected chi connectivity index (χ3v) is 5.02. The van der Waals surface area contributed by atoms with E-state index in [-0.39, 0.29) is 22.5 Å². The SMILES string of the molecule is CCC(NC(=O)c1cc2ncccn2n1)c1ccc(S(C)(=O)=O)cc1. The number of benzene rings is 1. The van der Waals surface area contributed by atoms with Gasteiger partial charge >= 0.3 is 0 Å². The highest BCUT2D eigenvalue weighted by Gasteiger charge is 2.17. The van der Waals surface area contributed by atoms with Crippen LogP contribution in [0.2, 0.25) is 0 Å². The molecule has 3 rings (SSSR count). The fraction of sp³-hybridized carbons (Fsp3) is 0.235. The number of amides is 1. The van der Waals surface area contributed by atoms with E-state index >= 15 is 0 Å². The van der Waals surface area contributed by atoms with Crippen LogP contribution in [0.1, 0.15) is 35.4 Å². The summed E-state index contributed by atoms with van der Waals surface area (Å²) in [5.41, 5.74) is 1.72. The summed E-state index contributed by atoms with van der Waals surface area (Å²) >= 11 is 0. The lowest BCUT2D eigenvalue weighted by atomic mass is 10.0. The molecular formula is C17H18N4O3S. The number of carbonyl (C=O) groups is 1. The zero-order valence-corrected chi connectivity index (χ0v) is 14.7. The van der Waals surface area contributed by atoms with Crippen LogP contribution in [0.15, 0.2) is 53.7 Å². The van der Waals surface area contributed by atoms with Gasteiger partial charge in [0.2, 0.25) is 0 Å². The molecule has 0 aliphatic rings. The molecule has 0 saturated carbocycles. The Kier molecular flexibility index (Phi) is 4.54. The Labute approximate surface area is 145 Å². The van der Waals surface area contributed by atoms with Gasteiger partial charge in [0.15, 0.2) is 21.2 Å². The molecule has 0 spiro atoms. The molecule has 0 saturated heterocycles. The Bertz CT molecular complexity index is 977. The molecular weight excluding hydrogens is 340 g/mol. The predicted molar refractivity (Wildman–Crippen MR) is 93.0 cm³/mol. The summed E-state index contributed by atoms with van der Waals surface area (Å²) in [5, 5.41) is 7.13. The maximum atomic E-state index is 12.5. The average molecular weight is 358 g/mol. The third kappa shape index (κ3) is 3.69. The van der Waals surface area contributed by atoms with Crippen LogP contribution in [-0.4, -0.2) is 35.2 Å². The van der Waals surface area contributed by atoms with E-state index < -0.39 is 9.84 Å². The van der Waals surface area contributed by atoms with Gasteiger partial charge in [-0.05, 0) is 30.2 Å². The minimum Gasteiger partial charge on any atom is -0.344 e. The lowest BCUT2D eigenvalue weighted by Crippen LogP contribution is -2.28. The largest absolute Gasteiger partial charge is 0.344 e. The summed E-state index contributed by atoms with van der Waals surface area (Å²) in [6.45, 7) is 1.95. The van der Waals surface area contributed by atoms with Crippen molar-refractivity contribution < 1.29 is 13.2 Å². The minimum absolute atomic E-state index is 0.237. The first kappa shape index (κ1) is 17.1. The van der Waals surface area contributed by atoms with Crippen LogP contribution in [0, 0.1) is 0 Å². The Morgan fingerprint density at radius 2 is 2.00 bits per heavy atom. The van der Waals surface area contributed by atoms with E-state index in [9.17, 15) is 13.2 Å².